The molecule has 0 spiro atoms. The van der Waals surface area contributed by atoms with Gasteiger partial charge in [0, 0.05) is 52.2 Å². The molecule has 0 N–H and O–H groups in total. The third-order valence-electron chi connectivity index (χ3n) is 5.33. The van der Waals surface area contributed by atoms with Crippen molar-refractivity contribution in [3.05, 3.63) is 30.3 Å². The molecule has 1 unspecified atom stereocenters. The molecule has 2 amide bonds. The molecule has 1 atom stereocenters. The first kappa shape index (κ1) is 18.7. The minimum absolute atomic E-state index is 0.0272. The highest BCUT2D eigenvalue weighted by atomic mass is 16.5. The van der Waals surface area contributed by atoms with Crippen LogP contribution in [0.25, 0.3) is 0 Å². The molecule has 2 aliphatic heterocycles. The molecule has 1 aromatic carbocycles. The topological polar surface area (TPSA) is 53.1 Å². The summed E-state index contributed by atoms with van der Waals surface area (Å²) in [4.78, 5) is 30.7. The van der Waals surface area contributed by atoms with Gasteiger partial charge in [-0.05, 0) is 25.5 Å². The first-order chi connectivity index (χ1) is 12.7. The monoisotopic (exact) mass is 359 g/mol. The van der Waals surface area contributed by atoms with Crippen LogP contribution in [0.1, 0.15) is 19.8 Å². The molecule has 6 heteroatoms. The number of carbonyl (C=O) groups excluding carboxylic acids is 2. The Bertz CT molecular complexity index is 600. The number of rotatable bonds is 6. The van der Waals surface area contributed by atoms with Crippen molar-refractivity contribution in [3.63, 3.8) is 0 Å². The van der Waals surface area contributed by atoms with Crippen LogP contribution < -0.4 is 4.74 Å². The Morgan fingerprint density at radius 1 is 1.15 bits per heavy atom. The molecule has 6 nitrogen and oxygen atoms in total. The molecular weight excluding hydrogens is 330 g/mol. The number of para-hydroxylation sites is 1. The second kappa shape index (κ2) is 9.03. The van der Waals surface area contributed by atoms with E-state index in [1.54, 1.807) is 0 Å². The fourth-order valence-corrected chi connectivity index (χ4v) is 3.68. The Labute approximate surface area is 155 Å². The van der Waals surface area contributed by atoms with Crippen molar-refractivity contribution in [1.82, 2.24) is 14.7 Å². The highest BCUT2D eigenvalue weighted by Gasteiger charge is 2.33. The van der Waals surface area contributed by atoms with Crippen molar-refractivity contribution in [2.45, 2.75) is 19.8 Å². The summed E-state index contributed by atoms with van der Waals surface area (Å²) >= 11 is 0. The van der Waals surface area contributed by atoms with Crippen LogP contribution >= 0.6 is 0 Å². The standard InChI is InChI=1S/C20H29N3O3/c1-2-22-16-17(8-9-19(22)24)20(25)23-12-10-21(11-13-23)14-15-26-18-6-4-3-5-7-18/h3-7,17H,2,8-16H2,1H3. The molecule has 0 aromatic heterocycles. The number of piperazine rings is 1. The second-order valence-electron chi connectivity index (χ2n) is 7.00. The van der Waals surface area contributed by atoms with E-state index in [1.165, 1.54) is 0 Å². The van der Waals surface area contributed by atoms with E-state index in [4.69, 9.17) is 4.74 Å². The van der Waals surface area contributed by atoms with Crippen molar-refractivity contribution in [2.24, 2.45) is 5.92 Å². The minimum Gasteiger partial charge on any atom is -0.492 e. The first-order valence-corrected chi connectivity index (χ1v) is 9.64. The third-order valence-corrected chi connectivity index (χ3v) is 5.33. The Balaban J connectivity index is 1.39. The van der Waals surface area contributed by atoms with Crippen LogP contribution in [0.2, 0.25) is 0 Å². The number of benzene rings is 1. The molecule has 2 saturated heterocycles. The molecule has 3 rings (SSSR count). The van der Waals surface area contributed by atoms with Gasteiger partial charge in [-0.2, -0.15) is 0 Å². The minimum atomic E-state index is -0.0272. The Morgan fingerprint density at radius 2 is 1.88 bits per heavy atom. The smallest absolute Gasteiger partial charge is 0.227 e. The van der Waals surface area contributed by atoms with Crippen LogP contribution in [0, 0.1) is 5.92 Å². The maximum atomic E-state index is 12.8. The largest absolute Gasteiger partial charge is 0.492 e. The fraction of sp³-hybridized carbons (Fsp3) is 0.600. The van der Waals surface area contributed by atoms with E-state index in [9.17, 15) is 9.59 Å². The van der Waals surface area contributed by atoms with Gasteiger partial charge >= 0.3 is 0 Å². The van der Waals surface area contributed by atoms with E-state index >= 15 is 0 Å². The van der Waals surface area contributed by atoms with Crippen molar-refractivity contribution in [1.29, 1.82) is 0 Å². The third kappa shape index (κ3) is 4.75. The zero-order valence-corrected chi connectivity index (χ0v) is 15.6. The van der Waals surface area contributed by atoms with Gasteiger partial charge in [-0.15, -0.1) is 0 Å². The summed E-state index contributed by atoms with van der Waals surface area (Å²) in [7, 11) is 0. The van der Waals surface area contributed by atoms with Gasteiger partial charge in [0.1, 0.15) is 12.4 Å². The number of hydrogen-bond acceptors (Lipinski definition) is 4. The summed E-state index contributed by atoms with van der Waals surface area (Å²) in [5.74, 6) is 1.27. The SMILES string of the molecule is CCN1CC(C(=O)N2CCN(CCOc3ccccc3)CC2)CCC1=O. The molecule has 1 aromatic rings. The number of amides is 2. The highest BCUT2D eigenvalue weighted by Crippen LogP contribution is 2.20. The van der Waals surface area contributed by atoms with E-state index in [0.717, 1.165) is 38.5 Å². The Morgan fingerprint density at radius 3 is 2.58 bits per heavy atom. The zero-order valence-electron chi connectivity index (χ0n) is 15.6. The van der Waals surface area contributed by atoms with Crippen molar-refractivity contribution in [2.75, 3.05) is 52.4 Å². The number of piperidine rings is 1. The molecule has 2 aliphatic rings. The predicted octanol–water partition coefficient (Wildman–Crippen LogP) is 1.47. The average molecular weight is 359 g/mol. The molecule has 26 heavy (non-hydrogen) atoms. The molecule has 142 valence electrons. The van der Waals surface area contributed by atoms with Gasteiger partial charge in [0.15, 0.2) is 0 Å². The lowest BCUT2D eigenvalue weighted by Crippen LogP contribution is -2.53. The Hall–Kier alpha value is -2.08. The van der Waals surface area contributed by atoms with Crippen molar-refractivity contribution in [3.8, 4) is 5.75 Å². The van der Waals surface area contributed by atoms with E-state index in [1.807, 2.05) is 47.1 Å². The van der Waals surface area contributed by atoms with Crippen LogP contribution in [-0.4, -0.2) is 78.9 Å². The number of nitrogens with zero attached hydrogens (tertiary/aromatic N) is 3. The maximum absolute atomic E-state index is 12.8. The number of ether oxygens (including phenoxy) is 1. The summed E-state index contributed by atoms with van der Waals surface area (Å²) in [6.45, 7) is 8.08. The molecule has 0 aliphatic carbocycles. The lowest BCUT2D eigenvalue weighted by atomic mass is 9.95. The van der Waals surface area contributed by atoms with Crippen LogP contribution in [0.5, 0.6) is 5.75 Å². The summed E-state index contributed by atoms with van der Waals surface area (Å²) in [6.07, 6.45) is 1.19. The normalized spacial score (nSPS) is 21.7. The van der Waals surface area contributed by atoms with Gasteiger partial charge in [-0.1, -0.05) is 18.2 Å². The summed E-state index contributed by atoms with van der Waals surface area (Å²) in [5.41, 5.74) is 0. The summed E-state index contributed by atoms with van der Waals surface area (Å²) in [6, 6.07) is 9.84. The Kier molecular flexibility index (Phi) is 6.50. The van der Waals surface area contributed by atoms with Gasteiger partial charge in [0.2, 0.25) is 11.8 Å². The van der Waals surface area contributed by atoms with Crippen molar-refractivity contribution < 1.29 is 14.3 Å². The van der Waals surface area contributed by atoms with E-state index < -0.39 is 0 Å². The number of carbonyl (C=O) groups is 2. The molecule has 2 heterocycles. The molecular formula is C20H29N3O3. The molecule has 0 saturated carbocycles. The van der Waals surface area contributed by atoms with E-state index in [2.05, 4.69) is 4.90 Å². The number of hydrogen-bond donors (Lipinski definition) is 0. The lowest BCUT2D eigenvalue weighted by Gasteiger charge is -2.38. The van der Waals surface area contributed by atoms with Gasteiger partial charge < -0.3 is 14.5 Å². The molecule has 2 fully saturated rings. The van der Waals surface area contributed by atoms with Crippen molar-refractivity contribution >= 4 is 11.8 Å². The van der Waals surface area contributed by atoms with Gasteiger partial charge in [-0.25, -0.2) is 0 Å². The van der Waals surface area contributed by atoms with E-state index in [0.29, 0.717) is 32.5 Å². The van der Waals surface area contributed by atoms with Crippen LogP contribution in [0.4, 0.5) is 0 Å². The second-order valence-corrected chi connectivity index (χ2v) is 7.00. The fourth-order valence-electron chi connectivity index (χ4n) is 3.68. The van der Waals surface area contributed by atoms with Gasteiger partial charge in [-0.3, -0.25) is 14.5 Å². The van der Waals surface area contributed by atoms with Crippen LogP contribution in [-0.2, 0) is 9.59 Å². The highest BCUT2D eigenvalue weighted by molar-refractivity contribution is 5.84. The molecule has 0 radical (unpaired) electrons. The quantitative estimate of drug-likeness (QED) is 0.772. The zero-order chi connectivity index (χ0) is 18.4. The molecule has 0 bridgehead atoms. The number of likely N-dealkylation sites (tertiary alicyclic amines) is 1. The summed E-state index contributed by atoms with van der Waals surface area (Å²) < 4.78 is 5.75. The van der Waals surface area contributed by atoms with Gasteiger partial charge in [0.05, 0.1) is 5.92 Å². The van der Waals surface area contributed by atoms with Gasteiger partial charge in [0.25, 0.3) is 0 Å². The van der Waals surface area contributed by atoms with E-state index in [-0.39, 0.29) is 17.7 Å². The maximum Gasteiger partial charge on any atom is 0.227 e. The average Bonchev–Trinajstić information content (AvgIpc) is 2.69. The van der Waals surface area contributed by atoms with Crippen LogP contribution in [0.15, 0.2) is 30.3 Å². The first-order valence-electron chi connectivity index (χ1n) is 9.64. The summed E-state index contributed by atoms with van der Waals surface area (Å²) in [5, 5.41) is 0. The lowest BCUT2D eigenvalue weighted by molar-refractivity contribution is -0.144. The predicted molar refractivity (Wildman–Crippen MR) is 99.9 cm³/mol. The van der Waals surface area contributed by atoms with Crippen LogP contribution in [0.3, 0.4) is 0 Å².